The molecule has 7 heteroatoms. The molecule has 21 heavy (non-hydrogen) atoms. The third kappa shape index (κ3) is 3.64. The van der Waals surface area contributed by atoms with Gasteiger partial charge in [0.25, 0.3) is 10.0 Å². The van der Waals surface area contributed by atoms with Gasteiger partial charge in [-0.25, -0.2) is 8.42 Å². The number of nitrogens with one attached hydrogen (secondary N) is 2. The van der Waals surface area contributed by atoms with Gasteiger partial charge in [0.05, 0.1) is 6.20 Å². The fourth-order valence-corrected chi connectivity index (χ4v) is 4.37. The summed E-state index contributed by atoms with van der Waals surface area (Å²) in [7, 11) is -1.81. The molecular formula is C14H26N4O2S. The molecule has 0 unspecified atom stereocenters. The van der Waals surface area contributed by atoms with Gasteiger partial charge in [-0.1, -0.05) is 13.8 Å². The number of nitrogens with zero attached hydrogens (tertiary/aromatic N) is 2. The van der Waals surface area contributed by atoms with Crippen molar-refractivity contribution in [2.24, 2.45) is 5.92 Å². The van der Waals surface area contributed by atoms with E-state index in [1.807, 2.05) is 6.92 Å². The molecule has 0 bridgehead atoms. The first-order valence-electron chi connectivity index (χ1n) is 7.67. The molecule has 6 nitrogen and oxygen atoms in total. The first-order chi connectivity index (χ1) is 9.96. The van der Waals surface area contributed by atoms with Crippen LogP contribution in [0.5, 0.6) is 0 Å². The number of aromatic amines is 1. The molecule has 0 radical (unpaired) electrons. The Labute approximate surface area is 127 Å². The number of hydrogen-bond acceptors (Lipinski definition) is 4. The van der Waals surface area contributed by atoms with E-state index in [4.69, 9.17) is 0 Å². The van der Waals surface area contributed by atoms with Gasteiger partial charge in [-0.3, -0.25) is 5.10 Å². The van der Waals surface area contributed by atoms with Crippen LogP contribution < -0.4 is 5.32 Å². The second-order valence-corrected chi connectivity index (χ2v) is 7.87. The summed E-state index contributed by atoms with van der Waals surface area (Å²) in [4.78, 5) is 0. The summed E-state index contributed by atoms with van der Waals surface area (Å²) in [5.41, 5.74) is 0.702. The highest BCUT2D eigenvalue weighted by molar-refractivity contribution is 7.89. The number of aromatic nitrogens is 2. The van der Waals surface area contributed by atoms with Gasteiger partial charge in [0, 0.05) is 25.2 Å². The Morgan fingerprint density at radius 2 is 2.05 bits per heavy atom. The maximum absolute atomic E-state index is 12.8. The van der Waals surface area contributed by atoms with Crippen molar-refractivity contribution in [3.8, 4) is 0 Å². The smallest absolute Gasteiger partial charge is 0.260 e. The van der Waals surface area contributed by atoms with Gasteiger partial charge in [0.15, 0.2) is 5.03 Å². The van der Waals surface area contributed by atoms with Gasteiger partial charge in [-0.2, -0.15) is 9.40 Å². The Hall–Kier alpha value is -0.920. The zero-order valence-corrected chi connectivity index (χ0v) is 13.9. The quantitative estimate of drug-likeness (QED) is 0.838. The Kier molecular flexibility index (Phi) is 5.40. The number of sulfonamides is 1. The van der Waals surface area contributed by atoms with Crippen molar-refractivity contribution in [1.82, 2.24) is 19.8 Å². The van der Waals surface area contributed by atoms with Crippen LogP contribution >= 0.6 is 0 Å². The van der Waals surface area contributed by atoms with Crippen LogP contribution in [0.3, 0.4) is 0 Å². The maximum atomic E-state index is 12.8. The van der Waals surface area contributed by atoms with Crippen LogP contribution in [-0.4, -0.2) is 42.6 Å². The van der Waals surface area contributed by atoms with Crippen molar-refractivity contribution in [3.05, 3.63) is 11.8 Å². The first-order valence-corrected chi connectivity index (χ1v) is 9.11. The first kappa shape index (κ1) is 16.5. The van der Waals surface area contributed by atoms with E-state index >= 15 is 0 Å². The maximum Gasteiger partial charge on any atom is 0.260 e. The molecule has 0 spiro atoms. The zero-order valence-electron chi connectivity index (χ0n) is 13.1. The summed E-state index contributed by atoms with van der Waals surface area (Å²) in [5, 5.41) is 9.95. The van der Waals surface area contributed by atoms with Crippen LogP contribution in [0.25, 0.3) is 0 Å². The Bertz CT molecular complexity index is 547. The van der Waals surface area contributed by atoms with Crippen molar-refractivity contribution in [2.75, 3.05) is 13.6 Å². The third-order valence-electron chi connectivity index (χ3n) is 4.38. The molecule has 0 amide bonds. The standard InChI is InChI=1S/C14H26N4O2S/c1-4-15-9-12-10-16-17-14(12)21(19,20)18(3)13-7-5-11(2)6-8-13/h10-11,13,15H,4-9H2,1-3H3,(H,16,17). The molecule has 1 saturated carbocycles. The number of H-pyrrole nitrogens is 1. The van der Waals surface area contributed by atoms with E-state index in [1.54, 1.807) is 13.2 Å². The predicted molar refractivity (Wildman–Crippen MR) is 82.3 cm³/mol. The Morgan fingerprint density at radius 3 is 2.67 bits per heavy atom. The van der Waals surface area contributed by atoms with E-state index in [2.05, 4.69) is 22.4 Å². The molecule has 1 aromatic rings. The monoisotopic (exact) mass is 314 g/mol. The van der Waals surface area contributed by atoms with Crippen LogP contribution in [0.2, 0.25) is 0 Å². The van der Waals surface area contributed by atoms with E-state index in [1.165, 1.54) is 4.31 Å². The highest BCUT2D eigenvalue weighted by Crippen LogP contribution is 2.29. The molecule has 0 aliphatic heterocycles. The summed E-state index contributed by atoms with van der Waals surface area (Å²) in [6, 6.07) is 0.0986. The van der Waals surface area contributed by atoms with Gasteiger partial charge in [-0.05, 0) is 38.1 Å². The summed E-state index contributed by atoms with van der Waals surface area (Å²) in [6.45, 7) is 5.52. The van der Waals surface area contributed by atoms with Gasteiger partial charge in [-0.15, -0.1) is 0 Å². The highest BCUT2D eigenvalue weighted by Gasteiger charge is 2.32. The third-order valence-corrected chi connectivity index (χ3v) is 6.31. The second-order valence-electron chi connectivity index (χ2n) is 5.94. The van der Waals surface area contributed by atoms with Crippen molar-refractivity contribution < 1.29 is 8.42 Å². The summed E-state index contributed by atoms with van der Waals surface area (Å²) < 4.78 is 27.1. The lowest BCUT2D eigenvalue weighted by molar-refractivity contribution is 0.245. The van der Waals surface area contributed by atoms with Gasteiger partial charge >= 0.3 is 0 Å². The lowest BCUT2D eigenvalue weighted by atomic mass is 9.87. The van der Waals surface area contributed by atoms with Crippen LogP contribution in [0.1, 0.15) is 45.1 Å². The van der Waals surface area contributed by atoms with Crippen LogP contribution in [0.15, 0.2) is 11.2 Å². The Morgan fingerprint density at radius 1 is 1.38 bits per heavy atom. The Balaban J connectivity index is 2.15. The molecule has 1 fully saturated rings. The molecule has 2 rings (SSSR count). The summed E-state index contributed by atoms with van der Waals surface area (Å²) >= 11 is 0. The predicted octanol–water partition coefficient (Wildman–Crippen LogP) is 1.72. The fourth-order valence-electron chi connectivity index (χ4n) is 2.85. The second kappa shape index (κ2) is 6.89. The number of hydrogen-bond donors (Lipinski definition) is 2. The minimum atomic E-state index is -3.50. The van der Waals surface area contributed by atoms with Gasteiger partial charge in [0.1, 0.15) is 0 Å². The van der Waals surface area contributed by atoms with E-state index in [0.29, 0.717) is 18.0 Å². The number of rotatable bonds is 6. The normalized spacial score (nSPS) is 23.6. The molecule has 120 valence electrons. The molecule has 0 saturated heterocycles. The summed E-state index contributed by atoms with van der Waals surface area (Å²) in [6.07, 6.45) is 5.66. The molecule has 1 aromatic heterocycles. The molecule has 1 aliphatic carbocycles. The van der Waals surface area contributed by atoms with E-state index in [-0.39, 0.29) is 11.1 Å². The van der Waals surface area contributed by atoms with Gasteiger partial charge in [0.2, 0.25) is 0 Å². The van der Waals surface area contributed by atoms with Crippen LogP contribution in [-0.2, 0) is 16.6 Å². The molecule has 1 heterocycles. The largest absolute Gasteiger partial charge is 0.313 e. The molecule has 0 aromatic carbocycles. The van der Waals surface area contributed by atoms with Crippen molar-refractivity contribution in [3.63, 3.8) is 0 Å². The van der Waals surface area contributed by atoms with E-state index < -0.39 is 10.0 Å². The average molecular weight is 314 g/mol. The molecular weight excluding hydrogens is 288 g/mol. The average Bonchev–Trinajstić information content (AvgIpc) is 2.94. The minimum absolute atomic E-state index is 0.0986. The molecule has 1 aliphatic rings. The lowest BCUT2D eigenvalue weighted by Gasteiger charge is -2.32. The van der Waals surface area contributed by atoms with E-state index in [9.17, 15) is 8.42 Å². The van der Waals surface area contributed by atoms with E-state index in [0.717, 1.165) is 32.2 Å². The van der Waals surface area contributed by atoms with Crippen LogP contribution in [0.4, 0.5) is 0 Å². The van der Waals surface area contributed by atoms with Gasteiger partial charge < -0.3 is 5.32 Å². The SMILES string of the molecule is CCNCc1cn[nH]c1S(=O)(=O)N(C)C1CCC(C)CC1. The van der Waals surface area contributed by atoms with Crippen LogP contribution in [0, 0.1) is 5.92 Å². The van der Waals surface area contributed by atoms with Crippen molar-refractivity contribution in [1.29, 1.82) is 0 Å². The summed E-state index contributed by atoms with van der Waals surface area (Å²) in [5.74, 6) is 0.703. The lowest BCUT2D eigenvalue weighted by Crippen LogP contribution is -2.39. The van der Waals surface area contributed by atoms with Crippen molar-refractivity contribution in [2.45, 2.75) is 57.1 Å². The topological polar surface area (TPSA) is 78.1 Å². The van der Waals surface area contributed by atoms with Crippen molar-refractivity contribution >= 4 is 10.0 Å². The minimum Gasteiger partial charge on any atom is -0.313 e. The zero-order chi connectivity index (χ0) is 15.5. The fraction of sp³-hybridized carbons (Fsp3) is 0.786. The highest BCUT2D eigenvalue weighted by atomic mass is 32.2. The molecule has 2 N–H and O–H groups in total. The molecule has 0 atom stereocenters.